The summed E-state index contributed by atoms with van der Waals surface area (Å²) in [4.78, 5) is 24.5. The van der Waals surface area contributed by atoms with E-state index in [0.29, 0.717) is 18.4 Å². The lowest BCUT2D eigenvalue weighted by Gasteiger charge is -2.27. The van der Waals surface area contributed by atoms with Gasteiger partial charge in [0, 0.05) is 20.1 Å². The number of nitrogens with one attached hydrogen (secondary N) is 1. The second kappa shape index (κ2) is 8.12. The number of hydrogen-bond donors (Lipinski definition) is 2. The highest BCUT2D eigenvalue weighted by Gasteiger charge is 2.26. The molecule has 5 heteroatoms. The molecule has 1 atom stereocenters. The van der Waals surface area contributed by atoms with E-state index >= 15 is 0 Å². The van der Waals surface area contributed by atoms with Gasteiger partial charge in [-0.2, -0.15) is 0 Å². The summed E-state index contributed by atoms with van der Waals surface area (Å²) in [5, 5.41) is 11.9. The first kappa shape index (κ1) is 16.8. The van der Waals surface area contributed by atoms with Crippen molar-refractivity contribution in [2.24, 2.45) is 17.8 Å². The normalized spacial score (nSPS) is 23.9. The van der Waals surface area contributed by atoms with Gasteiger partial charge in [0.15, 0.2) is 0 Å². The van der Waals surface area contributed by atoms with Crippen molar-refractivity contribution < 1.29 is 14.7 Å². The minimum absolute atomic E-state index is 0.0225. The van der Waals surface area contributed by atoms with Crippen LogP contribution in [0.1, 0.15) is 46.0 Å². The third kappa shape index (κ3) is 5.39. The largest absolute Gasteiger partial charge is 0.481 e. The van der Waals surface area contributed by atoms with Crippen LogP contribution in [0.5, 0.6) is 0 Å². The maximum atomic E-state index is 11.9. The van der Waals surface area contributed by atoms with Gasteiger partial charge in [0.25, 0.3) is 0 Å². The number of nitrogens with zero attached hydrogens (tertiary/aromatic N) is 1. The summed E-state index contributed by atoms with van der Waals surface area (Å²) in [5.74, 6) is 0.0686. The molecular formula is C15H28N2O3. The van der Waals surface area contributed by atoms with Crippen LogP contribution in [0.3, 0.4) is 0 Å². The van der Waals surface area contributed by atoms with E-state index in [2.05, 4.69) is 19.2 Å². The molecule has 20 heavy (non-hydrogen) atoms. The minimum Gasteiger partial charge on any atom is -0.481 e. The molecule has 0 aliphatic heterocycles. The summed E-state index contributed by atoms with van der Waals surface area (Å²) in [5.41, 5.74) is 0. The number of carboxylic acids is 1. The average molecular weight is 284 g/mol. The van der Waals surface area contributed by atoms with Crippen LogP contribution in [0, 0.1) is 17.8 Å². The molecule has 2 N–H and O–H groups in total. The van der Waals surface area contributed by atoms with E-state index in [1.165, 1.54) is 0 Å². The number of carbonyl (C=O) groups excluding carboxylic acids is 1. The molecule has 0 radical (unpaired) electrons. The average Bonchev–Trinajstić information content (AvgIpc) is 2.44. The lowest BCUT2D eigenvalue weighted by molar-refractivity contribution is -0.143. The van der Waals surface area contributed by atoms with Gasteiger partial charge in [-0.15, -0.1) is 0 Å². The van der Waals surface area contributed by atoms with Crippen LogP contribution >= 0.6 is 0 Å². The highest BCUT2D eigenvalue weighted by molar-refractivity contribution is 5.73. The fourth-order valence-corrected chi connectivity index (χ4v) is 2.66. The van der Waals surface area contributed by atoms with E-state index in [1.54, 1.807) is 4.90 Å². The molecule has 1 saturated carbocycles. The van der Waals surface area contributed by atoms with Gasteiger partial charge in [0.1, 0.15) is 0 Å². The van der Waals surface area contributed by atoms with Crippen molar-refractivity contribution in [1.29, 1.82) is 0 Å². The van der Waals surface area contributed by atoms with Crippen molar-refractivity contribution in [2.75, 3.05) is 20.1 Å². The molecule has 0 aromatic heterocycles. The molecule has 1 rings (SSSR count). The Hall–Kier alpha value is -1.26. The van der Waals surface area contributed by atoms with Gasteiger partial charge in [-0.3, -0.25) is 4.79 Å². The maximum Gasteiger partial charge on any atom is 0.317 e. The molecule has 1 unspecified atom stereocenters. The fraction of sp³-hybridized carbons (Fsp3) is 0.867. The summed E-state index contributed by atoms with van der Waals surface area (Å²) >= 11 is 0. The second-order valence-corrected chi connectivity index (χ2v) is 6.14. The molecule has 0 heterocycles. The minimum atomic E-state index is -0.680. The molecule has 0 aromatic rings. The molecule has 0 saturated heterocycles. The molecular weight excluding hydrogens is 256 g/mol. The van der Waals surface area contributed by atoms with E-state index in [0.717, 1.165) is 38.6 Å². The van der Waals surface area contributed by atoms with E-state index < -0.39 is 5.97 Å². The molecule has 0 bridgehead atoms. The van der Waals surface area contributed by atoms with Crippen molar-refractivity contribution >= 4 is 12.0 Å². The Balaban J connectivity index is 2.23. The first-order chi connectivity index (χ1) is 9.43. The van der Waals surface area contributed by atoms with Crippen LogP contribution in [0.15, 0.2) is 0 Å². The molecule has 116 valence electrons. The summed E-state index contributed by atoms with van der Waals surface area (Å²) in [6.07, 6.45) is 4.33. The highest BCUT2D eigenvalue weighted by atomic mass is 16.4. The number of rotatable bonds is 6. The Morgan fingerprint density at radius 3 is 2.40 bits per heavy atom. The Morgan fingerprint density at radius 1 is 1.30 bits per heavy atom. The summed E-state index contributed by atoms with van der Waals surface area (Å²) in [6.45, 7) is 5.69. The Kier molecular flexibility index (Phi) is 6.82. The van der Waals surface area contributed by atoms with Gasteiger partial charge < -0.3 is 15.3 Å². The number of urea groups is 1. The molecule has 1 aliphatic rings. The van der Waals surface area contributed by atoms with Crippen LogP contribution < -0.4 is 5.32 Å². The highest BCUT2D eigenvalue weighted by Crippen LogP contribution is 2.28. The molecule has 0 spiro atoms. The van der Waals surface area contributed by atoms with Gasteiger partial charge in [-0.05, 0) is 37.5 Å². The molecule has 2 amide bonds. The number of hydrogen-bond acceptors (Lipinski definition) is 2. The van der Waals surface area contributed by atoms with Crippen LogP contribution in [0.4, 0.5) is 4.79 Å². The molecule has 5 nitrogen and oxygen atoms in total. The fourth-order valence-electron chi connectivity index (χ4n) is 2.66. The van der Waals surface area contributed by atoms with E-state index in [4.69, 9.17) is 5.11 Å². The second-order valence-electron chi connectivity index (χ2n) is 6.14. The van der Waals surface area contributed by atoms with Crippen molar-refractivity contribution in [3.05, 3.63) is 0 Å². The zero-order valence-electron chi connectivity index (χ0n) is 12.9. The molecule has 0 aromatic carbocycles. The number of carbonyl (C=O) groups is 2. The first-order valence-electron chi connectivity index (χ1n) is 7.65. The Labute approximate surface area is 121 Å². The van der Waals surface area contributed by atoms with Crippen LogP contribution in [0.25, 0.3) is 0 Å². The van der Waals surface area contributed by atoms with E-state index in [-0.39, 0.29) is 11.9 Å². The van der Waals surface area contributed by atoms with Crippen LogP contribution in [-0.2, 0) is 4.79 Å². The van der Waals surface area contributed by atoms with Gasteiger partial charge >= 0.3 is 12.0 Å². The number of amides is 2. The monoisotopic (exact) mass is 284 g/mol. The zero-order chi connectivity index (χ0) is 15.1. The van der Waals surface area contributed by atoms with Crippen molar-refractivity contribution in [2.45, 2.75) is 46.0 Å². The van der Waals surface area contributed by atoms with Crippen LogP contribution in [0.2, 0.25) is 0 Å². The van der Waals surface area contributed by atoms with E-state index in [9.17, 15) is 9.59 Å². The topological polar surface area (TPSA) is 69.6 Å². The molecule has 1 fully saturated rings. The van der Waals surface area contributed by atoms with Crippen LogP contribution in [-0.4, -0.2) is 42.1 Å². The van der Waals surface area contributed by atoms with Gasteiger partial charge in [-0.1, -0.05) is 20.3 Å². The van der Waals surface area contributed by atoms with Crippen molar-refractivity contribution in [1.82, 2.24) is 10.2 Å². The van der Waals surface area contributed by atoms with Gasteiger partial charge in [0.05, 0.1) is 5.92 Å². The maximum absolute atomic E-state index is 11.9. The predicted octanol–water partition coefficient (Wildman–Crippen LogP) is 2.56. The first-order valence-corrected chi connectivity index (χ1v) is 7.65. The van der Waals surface area contributed by atoms with Gasteiger partial charge in [-0.25, -0.2) is 4.79 Å². The predicted molar refractivity (Wildman–Crippen MR) is 78.6 cm³/mol. The number of aliphatic carboxylic acids is 1. The standard InChI is InChI=1S/C15H28N2O3/c1-4-11(2)10-17(3)15(20)16-9-12-5-7-13(8-6-12)14(18)19/h11-13H,4-10H2,1-3H3,(H,16,20)(H,18,19). The summed E-state index contributed by atoms with van der Waals surface area (Å²) in [7, 11) is 1.82. The smallest absolute Gasteiger partial charge is 0.317 e. The lowest BCUT2D eigenvalue weighted by atomic mass is 9.82. The van der Waals surface area contributed by atoms with E-state index in [1.807, 2.05) is 7.05 Å². The van der Waals surface area contributed by atoms with Crippen molar-refractivity contribution in [3.63, 3.8) is 0 Å². The van der Waals surface area contributed by atoms with Crippen molar-refractivity contribution in [3.8, 4) is 0 Å². The summed E-state index contributed by atoms with van der Waals surface area (Å²) < 4.78 is 0. The third-order valence-corrected chi connectivity index (χ3v) is 4.37. The molecule has 1 aliphatic carbocycles. The quantitative estimate of drug-likeness (QED) is 0.787. The Bertz CT molecular complexity index is 325. The third-order valence-electron chi connectivity index (χ3n) is 4.37. The number of carboxylic acid groups (broad SMARTS) is 1. The summed E-state index contributed by atoms with van der Waals surface area (Å²) in [6, 6.07) is -0.0225. The zero-order valence-corrected chi connectivity index (χ0v) is 12.9. The Morgan fingerprint density at radius 2 is 1.90 bits per heavy atom. The lowest BCUT2D eigenvalue weighted by Crippen LogP contribution is -2.42. The van der Waals surface area contributed by atoms with Gasteiger partial charge in [0.2, 0.25) is 0 Å². The SMILES string of the molecule is CCC(C)CN(C)C(=O)NCC1CCC(C(=O)O)CC1.